The fraction of sp³-hybridized carbons (Fsp3) is 0.357. The number of carbonyl (C=O) groups excluding carboxylic acids is 1. The van der Waals surface area contributed by atoms with Crippen LogP contribution in [0.1, 0.15) is 23.6 Å². The van der Waals surface area contributed by atoms with Crippen molar-refractivity contribution >= 4 is 11.6 Å². The first-order valence-corrected chi connectivity index (χ1v) is 5.45. The summed E-state index contributed by atoms with van der Waals surface area (Å²) in [7, 11) is 1.83. The quantitative estimate of drug-likeness (QED) is 0.660. The Balaban J connectivity index is 2.80. The molecule has 0 saturated heterocycles. The lowest BCUT2D eigenvalue weighted by molar-refractivity contribution is -0.120. The van der Waals surface area contributed by atoms with E-state index >= 15 is 0 Å². The van der Waals surface area contributed by atoms with Crippen LogP contribution in [0.3, 0.4) is 0 Å². The Morgan fingerprint density at radius 1 is 1.38 bits per heavy atom. The molecule has 1 aromatic rings. The van der Waals surface area contributed by atoms with E-state index in [9.17, 15) is 4.79 Å². The molecule has 0 fully saturated rings. The summed E-state index contributed by atoms with van der Waals surface area (Å²) in [4.78, 5) is 14.0. The van der Waals surface area contributed by atoms with Crippen molar-refractivity contribution < 1.29 is 4.79 Å². The van der Waals surface area contributed by atoms with E-state index in [4.69, 9.17) is 0 Å². The number of aryl methyl sites for hydroxylation is 2. The van der Waals surface area contributed by atoms with Crippen molar-refractivity contribution in [3.05, 3.63) is 41.5 Å². The standard InChI is InChI=1S/C14H17NO/c1-6-14(4)11-8-9(2)7-10(3)12(11)15(5)13(14)16/h6-8H,1H2,2-5H3/t14-/m1/s1. The molecule has 0 N–H and O–H groups in total. The first-order chi connectivity index (χ1) is 7.41. The van der Waals surface area contributed by atoms with Gasteiger partial charge in [0, 0.05) is 7.05 Å². The summed E-state index contributed by atoms with van der Waals surface area (Å²) >= 11 is 0. The largest absolute Gasteiger partial charge is 0.314 e. The number of benzene rings is 1. The van der Waals surface area contributed by atoms with E-state index in [-0.39, 0.29) is 5.91 Å². The molecule has 1 aromatic carbocycles. The summed E-state index contributed by atoms with van der Waals surface area (Å²) in [5.41, 5.74) is 3.88. The van der Waals surface area contributed by atoms with Crippen LogP contribution in [-0.4, -0.2) is 13.0 Å². The first kappa shape index (κ1) is 10.9. The molecule has 1 aliphatic rings. The van der Waals surface area contributed by atoms with Gasteiger partial charge in [0.1, 0.15) is 0 Å². The normalized spacial score (nSPS) is 23.5. The van der Waals surface area contributed by atoms with E-state index in [2.05, 4.69) is 25.6 Å². The highest BCUT2D eigenvalue weighted by Gasteiger charge is 2.44. The summed E-state index contributed by atoms with van der Waals surface area (Å²) in [6.45, 7) is 9.85. The van der Waals surface area contributed by atoms with Crippen LogP contribution in [0.15, 0.2) is 24.8 Å². The monoisotopic (exact) mass is 215 g/mol. The second-order valence-electron chi connectivity index (χ2n) is 4.75. The molecule has 0 bridgehead atoms. The van der Waals surface area contributed by atoms with Crippen molar-refractivity contribution in [2.45, 2.75) is 26.2 Å². The molecule has 1 aliphatic heterocycles. The third-order valence-electron chi connectivity index (χ3n) is 3.50. The molecular weight excluding hydrogens is 198 g/mol. The minimum atomic E-state index is -0.569. The lowest BCUT2D eigenvalue weighted by atomic mass is 9.83. The van der Waals surface area contributed by atoms with Crippen LogP contribution in [0.4, 0.5) is 5.69 Å². The lowest BCUT2D eigenvalue weighted by Gasteiger charge is -2.18. The summed E-state index contributed by atoms with van der Waals surface area (Å²) in [5.74, 6) is 0.103. The Hall–Kier alpha value is -1.57. The summed E-state index contributed by atoms with van der Waals surface area (Å²) < 4.78 is 0. The zero-order chi connectivity index (χ0) is 12.1. The predicted octanol–water partition coefficient (Wildman–Crippen LogP) is 2.72. The molecular formula is C14H17NO. The molecule has 0 aliphatic carbocycles. The van der Waals surface area contributed by atoms with E-state index in [0.717, 1.165) is 16.8 Å². The van der Waals surface area contributed by atoms with Gasteiger partial charge in [0.25, 0.3) is 0 Å². The number of likely N-dealkylation sites (N-methyl/N-ethyl adjacent to an activating group) is 1. The maximum Gasteiger partial charge on any atom is 0.241 e. The van der Waals surface area contributed by atoms with Crippen LogP contribution < -0.4 is 4.90 Å². The first-order valence-electron chi connectivity index (χ1n) is 5.45. The van der Waals surface area contributed by atoms with Gasteiger partial charge in [-0.25, -0.2) is 0 Å². The molecule has 2 nitrogen and oxygen atoms in total. The van der Waals surface area contributed by atoms with Crippen LogP contribution >= 0.6 is 0 Å². The highest BCUT2D eigenvalue weighted by atomic mass is 16.2. The highest BCUT2D eigenvalue weighted by Crippen LogP contribution is 2.43. The number of rotatable bonds is 1. The summed E-state index contributed by atoms with van der Waals surface area (Å²) in [6.07, 6.45) is 1.75. The van der Waals surface area contributed by atoms with Gasteiger partial charge < -0.3 is 4.90 Å². The van der Waals surface area contributed by atoms with E-state index in [1.54, 1.807) is 11.0 Å². The fourth-order valence-electron chi connectivity index (χ4n) is 2.56. The van der Waals surface area contributed by atoms with Crippen molar-refractivity contribution in [2.24, 2.45) is 0 Å². The van der Waals surface area contributed by atoms with Crippen LogP contribution in [0, 0.1) is 13.8 Å². The van der Waals surface area contributed by atoms with Gasteiger partial charge in [0.15, 0.2) is 0 Å². The minimum absolute atomic E-state index is 0.103. The molecule has 2 rings (SSSR count). The van der Waals surface area contributed by atoms with Crippen molar-refractivity contribution in [3.8, 4) is 0 Å². The van der Waals surface area contributed by atoms with Gasteiger partial charge in [0.05, 0.1) is 11.1 Å². The van der Waals surface area contributed by atoms with Crippen LogP contribution in [0.25, 0.3) is 0 Å². The van der Waals surface area contributed by atoms with Gasteiger partial charge in [-0.05, 0) is 31.9 Å². The Kier molecular flexibility index (Phi) is 2.19. The molecule has 1 amide bonds. The zero-order valence-electron chi connectivity index (χ0n) is 10.3. The third kappa shape index (κ3) is 1.16. The van der Waals surface area contributed by atoms with Crippen LogP contribution in [0.5, 0.6) is 0 Å². The van der Waals surface area contributed by atoms with Gasteiger partial charge in [-0.2, -0.15) is 0 Å². The topological polar surface area (TPSA) is 20.3 Å². The van der Waals surface area contributed by atoms with Crippen LogP contribution in [0.2, 0.25) is 0 Å². The maximum absolute atomic E-state index is 12.2. The van der Waals surface area contributed by atoms with Gasteiger partial charge in [-0.1, -0.05) is 23.8 Å². The molecule has 1 atom stereocenters. The molecule has 16 heavy (non-hydrogen) atoms. The van der Waals surface area contributed by atoms with E-state index < -0.39 is 5.41 Å². The zero-order valence-corrected chi connectivity index (χ0v) is 10.3. The molecule has 0 unspecified atom stereocenters. The fourth-order valence-corrected chi connectivity index (χ4v) is 2.56. The van der Waals surface area contributed by atoms with Crippen molar-refractivity contribution in [1.82, 2.24) is 0 Å². The molecule has 0 radical (unpaired) electrons. The molecule has 0 aromatic heterocycles. The molecule has 2 heteroatoms. The molecule has 1 heterocycles. The van der Waals surface area contributed by atoms with E-state index in [0.29, 0.717) is 0 Å². The van der Waals surface area contributed by atoms with E-state index in [1.807, 2.05) is 20.9 Å². The average molecular weight is 215 g/mol. The number of amides is 1. The molecule has 84 valence electrons. The lowest BCUT2D eigenvalue weighted by Crippen LogP contribution is -2.34. The molecule has 0 saturated carbocycles. The average Bonchev–Trinajstić information content (AvgIpc) is 2.42. The van der Waals surface area contributed by atoms with Gasteiger partial charge in [-0.15, -0.1) is 6.58 Å². The van der Waals surface area contributed by atoms with Crippen LogP contribution in [-0.2, 0) is 10.2 Å². The van der Waals surface area contributed by atoms with Gasteiger partial charge in [-0.3, -0.25) is 4.79 Å². The number of nitrogens with zero attached hydrogens (tertiary/aromatic N) is 1. The summed E-state index contributed by atoms with van der Waals surface area (Å²) in [5, 5.41) is 0. The van der Waals surface area contributed by atoms with E-state index in [1.165, 1.54) is 5.56 Å². The highest BCUT2D eigenvalue weighted by molar-refractivity contribution is 6.09. The number of hydrogen-bond donors (Lipinski definition) is 0. The summed E-state index contributed by atoms with van der Waals surface area (Å²) in [6, 6.07) is 4.20. The second-order valence-corrected chi connectivity index (χ2v) is 4.75. The number of hydrogen-bond acceptors (Lipinski definition) is 1. The number of anilines is 1. The minimum Gasteiger partial charge on any atom is -0.314 e. The SMILES string of the molecule is C=C[C@@]1(C)C(=O)N(C)c2c(C)cc(C)cc21. The number of fused-ring (bicyclic) bond motifs is 1. The van der Waals surface area contributed by atoms with Crippen molar-refractivity contribution in [3.63, 3.8) is 0 Å². The Morgan fingerprint density at radius 2 is 2.00 bits per heavy atom. The maximum atomic E-state index is 12.2. The van der Waals surface area contributed by atoms with Crippen molar-refractivity contribution in [2.75, 3.05) is 11.9 Å². The number of carbonyl (C=O) groups is 1. The van der Waals surface area contributed by atoms with Gasteiger partial charge >= 0.3 is 0 Å². The van der Waals surface area contributed by atoms with Gasteiger partial charge in [0.2, 0.25) is 5.91 Å². The Bertz CT molecular complexity index is 490. The second kappa shape index (κ2) is 3.21. The Labute approximate surface area is 96.6 Å². The molecule has 0 spiro atoms. The third-order valence-corrected chi connectivity index (χ3v) is 3.50. The Morgan fingerprint density at radius 3 is 2.56 bits per heavy atom. The smallest absolute Gasteiger partial charge is 0.241 e. The van der Waals surface area contributed by atoms with Crippen molar-refractivity contribution in [1.29, 1.82) is 0 Å². The predicted molar refractivity (Wildman–Crippen MR) is 66.9 cm³/mol.